The maximum absolute atomic E-state index is 12.0. The van der Waals surface area contributed by atoms with Crippen LogP contribution in [0.4, 0.5) is 0 Å². The van der Waals surface area contributed by atoms with Crippen LogP contribution < -0.4 is 15.8 Å². The third kappa shape index (κ3) is 7.74. The number of nitrogens with one attached hydrogen (secondary N) is 2. The zero-order valence-corrected chi connectivity index (χ0v) is 14.5. The monoisotopic (exact) mass is 349 g/mol. The summed E-state index contributed by atoms with van der Waals surface area (Å²) in [5.74, 6) is -0.246. The maximum atomic E-state index is 12.0. The second-order valence-electron chi connectivity index (χ2n) is 5.12. The lowest BCUT2D eigenvalue weighted by Crippen LogP contribution is -2.32. The molecule has 0 radical (unpaired) electrons. The van der Waals surface area contributed by atoms with E-state index in [0.717, 1.165) is 5.56 Å². The first kappa shape index (κ1) is 20.9. The Morgan fingerprint density at radius 2 is 1.82 bits per heavy atom. The first-order valence-corrected chi connectivity index (χ1v) is 8.53. The Morgan fingerprint density at radius 1 is 1.23 bits per heavy atom. The van der Waals surface area contributed by atoms with Gasteiger partial charge in [-0.25, -0.2) is 13.1 Å². The van der Waals surface area contributed by atoms with Crippen molar-refractivity contribution in [3.8, 4) is 0 Å². The SMILES string of the molecule is CC(C)NS(=O)(=O)Cc1ccccc1CNC(=O)CCN.Cl. The summed E-state index contributed by atoms with van der Waals surface area (Å²) in [5.41, 5.74) is 6.78. The minimum Gasteiger partial charge on any atom is -0.352 e. The summed E-state index contributed by atoms with van der Waals surface area (Å²) in [5, 5.41) is 2.73. The maximum Gasteiger partial charge on any atom is 0.221 e. The van der Waals surface area contributed by atoms with Gasteiger partial charge >= 0.3 is 0 Å². The fraction of sp³-hybridized carbons (Fsp3) is 0.500. The summed E-state index contributed by atoms with van der Waals surface area (Å²) < 4.78 is 26.5. The molecule has 0 saturated carbocycles. The van der Waals surface area contributed by atoms with Crippen molar-refractivity contribution in [3.63, 3.8) is 0 Å². The third-order valence-corrected chi connectivity index (χ3v) is 4.25. The molecule has 1 rings (SSSR count). The molecule has 0 spiro atoms. The van der Waals surface area contributed by atoms with E-state index in [1.807, 2.05) is 12.1 Å². The van der Waals surface area contributed by atoms with Gasteiger partial charge in [-0.15, -0.1) is 12.4 Å². The van der Waals surface area contributed by atoms with Crippen LogP contribution in [0.25, 0.3) is 0 Å². The number of rotatable bonds is 8. The van der Waals surface area contributed by atoms with E-state index in [1.165, 1.54) is 0 Å². The van der Waals surface area contributed by atoms with Crippen LogP contribution in [0.1, 0.15) is 31.4 Å². The van der Waals surface area contributed by atoms with Gasteiger partial charge < -0.3 is 11.1 Å². The van der Waals surface area contributed by atoms with Crippen LogP contribution in [0.15, 0.2) is 24.3 Å². The summed E-state index contributed by atoms with van der Waals surface area (Å²) in [6.07, 6.45) is 0.259. The predicted octanol–water partition coefficient (Wildman–Crippen LogP) is 0.901. The normalized spacial score (nSPS) is 11.1. The van der Waals surface area contributed by atoms with Gasteiger partial charge in [-0.3, -0.25) is 4.79 Å². The largest absolute Gasteiger partial charge is 0.352 e. The van der Waals surface area contributed by atoms with Crippen molar-refractivity contribution in [2.45, 2.75) is 38.6 Å². The number of nitrogens with two attached hydrogens (primary N) is 1. The molecule has 22 heavy (non-hydrogen) atoms. The highest BCUT2D eigenvalue weighted by molar-refractivity contribution is 7.88. The van der Waals surface area contributed by atoms with E-state index in [1.54, 1.807) is 26.0 Å². The van der Waals surface area contributed by atoms with Gasteiger partial charge in [0.15, 0.2) is 0 Å². The van der Waals surface area contributed by atoms with Gasteiger partial charge in [0, 0.05) is 25.6 Å². The smallest absolute Gasteiger partial charge is 0.221 e. The van der Waals surface area contributed by atoms with E-state index in [-0.39, 0.29) is 36.5 Å². The molecule has 1 amide bonds. The molecule has 0 fully saturated rings. The van der Waals surface area contributed by atoms with Gasteiger partial charge in [-0.1, -0.05) is 24.3 Å². The van der Waals surface area contributed by atoms with Gasteiger partial charge in [-0.05, 0) is 25.0 Å². The van der Waals surface area contributed by atoms with Crippen LogP contribution in [0.2, 0.25) is 0 Å². The highest BCUT2D eigenvalue weighted by Crippen LogP contribution is 2.12. The molecule has 0 atom stereocenters. The van der Waals surface area contributed by atoms with Gasteiger partial charge in [0.05, 0.1) is 5.75 Å². The molecule has 0 aliphatic heterocycles. The van der Waals surface area contributed by atoms with Crippen molar-refractivity contribution < 1.29 is 13.2 Å². The lowest BCUT2D eigenvalue weighted by atomic mass is 10.1. The molecule has 0 aliphatic rings. The van der Waals surface area contributed by atoms with E-state index < -0.39 is 10.0 Å². The molecule has 1 aromatic rings. The molecular weight excluding hydrogens is 326 g/mol. The lowest BCUT2D eigenvalue weighted by Gasteiger charge is -2.13. The minimum absolute atomic E-state index is 0. The van der Waals surface area contributed by atoms with E-state index in [0.29, 0.717) is 18.7 Å². The molecule has 4 N–H and O–H groups in total. The average molecular weight is 350 g/mol. The zero-order chi connectivity index (χ0) is 15.9. The Bertz CT molecular complexity index is 576. The molecule has 126 valence electrons. The Kier molecular flexibility index (Phi) is 9.27. The first-order chi connectivity index (χ1) is 9.84. The fourth-order valence-electron chi connectivity index (χ4n) is 1.89. The molecule has 1 aromatic carbocycles. The van der Waals surface area contributed by atoms with Gasteiger partial charge in [0.1, 0.15) is 0 Å². The Morgan fingerprint density at radius 3 is 2.36 bits per heavy atom. The van der Waals surface area contributed by atoms with Crippen LogP contribution in [0.5, 0.6) is 0 Å². The van der Waals surface area contributed by atoms with Crippen LogP contribution >= 0.6 is 12.4 Å². The van der Waals surface area contributed by atoms with Crippen molar-refractivity contribution in [1.29, 1.82) is 0 Å². The molecule has 0 aliphatic carbocycles. The highest BCUT2D eigenvalue weighted by atomic mass is 35.5. The molecule has 0 unspecified atom stereocenters. The number of halogens is 1. The third-order valence-electron chi connectivity index (χ3n) is 2.73. The van der Waals surface area contributed by atoms with Crippen molar-refractivity contribution >= 4 is 28.3 Å². The molecule has 0 saturated heterocycles. The Hall–Kier alpha value is -1.15. The summed E-state index contributed by atoms with van der Waals surface area (Å²) >= 11 is 0. The van der Waals surface area contributed by atoms with Crippen LogP contribution in [0, 0.1) is 0 Å². The molecule has 6 nitrogen and oxygen atoms in total. The quantitative estimate of drug-likeness (QED) is 0.649. The number of amides is 1. The number of sulfonamides is 1. The van der Waals surface area contributed by atoms with E-state index in [2.05, 4.69) is 10.0 Å². The molecular formula is C14H24ClN3O3S. The molecule has 0 aromatic heterocycles. The minimum atomic E-state index is -3.39. The number of carbonyl (C=O) groups is 1. The van der Waals surface area contributed by atoms with E-state index in [4.69, 9.17) is 5.73 Å². The second kappa shape index (κ2) is 9.78. The molecule has 0 bridgehead atoms. The van der Waals surface area contributed by atoms with Crippen LogP contribution in [0.3, 0.4) is 0 Å². The standard InChI is InChI=1S/C14H23N3O3S.ClH/c1-11(2)17-21(19,20)10-13-6-4-3-5-12(13)9-16-14(18)7-8-15;/h3-6,11,17H,7-10,15H2,1-2H3,(H,16,18);1H. The van der Waals surface area contributed by atoms with Crippen molar-refractivity contribution in [2.24, 2.45) is 5.73 Å². The number of hydrogen-bond acceptors (Lipinski definition) is 4. The average Bonchev–Trinajstić information content (AvgIpc) is 2.36. The zero-order valence-electron chi connectivity index (χ0n) is 12.8. The predicted molar refractivity (Wildman–Crippen MR) is 90.1 cm³/mol. The van der Waals surface area contributed by atoms with Crippen molar-refractivity contribution in [1.82, 2.24) is 10.0 Å². The first-order valence-electron chi connectivity index (χ1n) is 6.87. The highest BCUT2D eigenvalue weighted by Gasteiger charge is 2.15. The summed E-state index contributed by atoms with van der Waals surface area (Å²) in [4.78, 5) is 11.4. The molecule has 0 heterocycles. The summed E-state index contributed by atoms with van der Waals surface area (Å²) in [7, 11) is -3.39. The fourth-order valence-corrected chi connectivity index (χ4v) is 3.38. The second-order valence-corrected chi connectivity index (χ2v) is 6.87. The number of hydrogen-bond donors (Lipinski definition) is 3. The number of benzene rings is 1. The van der Waals surface area contributed by atoms with Crippen LogP contribution in [-0.4, -0.2) is 26.9 Å². The lowest BCUT2D eigenvalue weighted by molar-refractivity contribution is -0.121. The van der Waals surface area contributed by atoms with Gasteiger partial charge in [0.2, 0.25) is 15.9 Å². The molecule has 8 heteroatoms. The van der Waals surface area contributed by atoms with Crippen molar-refractivity contribution in [2.75, 3.05) is 6.54 Å². The summed E-state index contributed by atoms with van der Waals surface area (Å²) in [6.45, 7) is 4.14. The Labute approximate surface area is 138 Å². The van der Waals surface area contributed by atoms with Gasteiger partial charge in [-0.2, -0.15) is 0 Å². The van der Waals surface area contributed by atoms with E-state index >= 15 is 0 Å². The Balaban J connectivity index is 0.00000441. The van der Waals surface area contributed by atoms with E-state index in [9.17, 15) is 13.2 Å². The number of carbonyl (C=O) groups excluding carboxylic acids is 1. The topological polar surface area (TPSA) is 101 Å². The van der Waals surface area contributed by atoms with Gasteiger partial charge in [0.25, 0.3) is 0 Å². The summed E-state index contributed by atoms with van der Waals surface area (Å²) in [6, 6.07) is 7.01. The van der Waals surface area contributed by atoms with Crippen LogP contribution in [-0.2, 0) is 27.1 Å². The van der Waals surface area contributed by atoms with Crippen molar-refractivity contribution in [3.05, 3.63) is 35.4 Å².